The van der Waals surface area contributed by atoms with Crippen LogP contribution in [0, 0.1) is 12.7 Å². The zero-order valence-electron chi connectivity index (χ0n) is 14.0. The first-order valence-electron chi connectivity index (χ1n) is 8.10. The number of rotatable bonds is 3. The molecule has 1 amide bonds. The van der Waals surface area contributed by atoms with E-state index in [1.54, 1.807) is 28.9 Å². The van der Waals surface area contributed by atoms with Crippen molar-refractivity contribution in [3.8, 4) is 5.69 Å². The summed E-state index contributed by atoms with van der Waals surface area (Å²) in [4.78, 5) is 17.0. The number of fused-ring (bicyclic) bond motifs is 1. The van der Waals surface area contributed by atoms with Gasteiger partial charge in [-0.25, -0.2) is 14.1 Å². The summed E-state index contributed by atoms with van der Waals surface area (Å²) in [6.45, 7) is 1.82. The first-order valence-corrected chi connectivity index (χ1v) is 8.10. The van der Waals surface area contributed by atoms with Gasteiger partial charge in [-0.3, -0.25) is 4.79 Å². The van der Waals surface area contributed by atoms with Crippen molar-refractivity contribution < 1.29 is 9.18 Å². The highest BCUT2D eigenvalue weighted by Crippen LogP contribution is 2.19. The minimum Gasteiger partial charge on any atom is -0.305 e. The van der Waals surface area contributed by atoms with E-state index in [2.05, 4.69) is 15.4 Å². The Bertz CT molecular complexity index is 1100. The van der Waals surface area contributed by atoms with Crippen LogP contribution in [0.25, 0.3) is 16.6 Å². The van der Waals surface area contributed by atoms with Gasteiger partial charge >= 0.3 is 0 Å². The number of halogens is 1. The number of hydrogen-bond donors (Lipinski definition) is 1. The largest absolute Gasteiger partial charge is 0.305 e. The Morgan fingerprint density at radius 2 is 1.81 bits per heavy atom. The fourth-order valence-corrected chi connectivity index (χ4v) is 2.74. The standard InChI is InChI=1S/C20H15FN4O/c1-13-12-19(25(24-13)16-9-7-15(21)8-10-16)23-20(26)18-11-6-14-4-2-3-5-17(14)22-18/h2-12H,1H3,(H,23,26). The number of nitrogens with zero attached hydrogens (tertiary/aromatic N) is 3. The lowest BCUT2D eigenvalue weighted by Gasteiger charge is -2.09. The number of aryl methyl sites for hydroxylation is 1. The first kappa shape index (κ1) is 16.0. The molecular formula is C20H15FN4O. The molecule has 0 saturated carbocycles. The average Bonchev–Trinajstić information content (AvgIpc) is 3.02. The molecule has 0 aliphatic rings. The molecule has 0 radical (unpaired) electrons. The van der Waals surface area contributed by atoms with Crippen LogP contribution < -0.4 is 5.32 Å². The van der Waals surface area contributed by atoms with Gasteiger partial charge in [-0.2, -0.15) is 5.10 Å². The minimum absolute atomic E-state index is 0.313. The van der Waals surface area contributed by atoms with E-state index in [4.69, 9.17) is 0 Å². The van der Waals surface area contributed by atoms with Crippen LogP contribution >= 0.6 is 0 Å². The summed E-state index contributed by atoms with van der Waals surface area (Å²) in [5.74, 6) is -0.170. The predicted octanol–water partition coefficient (Wildman–Crippen LogP) is 4.12. The third kappa shape index (κ3) is 3.04. The summed E-state index contributed by atoms with van der Waals surface area (Å²) in [5, 5.41) is 8.17. The molecule has 128 valence electrons. The summed E-state index contributed by atoms with van der Waals surface area (Å²) in [6, 6.07) is 18.8. The maximum Gasteiger partial charge on any atom is 0.275 e. The monoisotopic (exact) mass is 346 g/mol. The summed E-state index contributed by atoms with van der Waals surface area (Å²) in [6.07, 6.45) is 0. The molecule has 0 spiro atoms. The highest BCUT2D eigenvalue weighted by Gasteiger charge is 2.14. The summed E-state index contributed by atoms with van der Waals surface area (Å²) in [7, 11) is 0. The van der Waals surface area contributed by atoms with Crippen molar-refractivity contribution >= 4 is 22.6 Å². The van der Waals surface area contributed by atoms with Gasteiger partial charge in [-0.15, -0.1) is 0 Å². The molecule has 1 N–H and O–H groups in total. The Kier molecular flexibility index (Phi) is 3.93. The van der Waals surface area contributed by atoms with Crippen molar-refractivity contribution in [2.45, 2.75) is 6.92 Å². The van der Waals surface area contributed by atoms with E-state index in [1.807, 2.05) is 37.3 Å². The minimum atomic E-state index is -0.334. The molecule has 26 heavy (non-hydrogen) atoms. The number of hydrogen-bond acceptors (Lipinski definition) is 3. The van der Waals surface area contributed by atoms with Crippen LogP contribution in [0.3, 0.4) is 0 Å². The fraction of sp³-hybridized carbons (Fsp3) is 0.0500. The van der Waals surface area contributed by atoms with Crippen molar-refractivity contribution in [1.82, 2.24) is 14.8 Å². The maximum absolute atomic E-state index is 13.2. The van der Waals surface area contributed by atoms with Crippen LogP contribution in [0.5, 0.6) is 0 Å². The predicted molar refractivity (Wildman–Crippen MR) is 98.0 cm³/mol. The first-order chi connectivity index (χ1) is 12.6. The van der Waals surface area contributed by atoms with Crippen LogP contribution in [0.2, 0.25) is 0 Å². The number of anilines is 1. The number of amides is 1. The van der Waals surface area contributed by atoms with E-state index in [9.17, 15) is 9.18 Å². The smallest absolute Gasteiger partial charge is 0.275 e. The van der Waals surface area contributed by atoms with Crippen LogP contribution in [0.4, 0.5) is 10.2 Å². The second kappa shape index (κ2) is 6.40. The van der Waals surface area contributed by atoms with Crippen molar-refractivity contribution in [3.05, 3.63) is 83.9 Å². The van der Waals surface area contributed by atoms with E-state index >= 15 is 0 Å². The molecule has 2 aromatic heterocycles. The Balaban J connectivity index is 1.66. The normalized spacial score (nSPS) is 10.8. The Morgan fingerprint density at radius 1 is 1.04 bits per heavy atom. The van der Waals surface area contributed by atoms with Gasteiger partial charge in [0.1, 0.15) is 17.3 Å². The Hall–Kier alpha value is -3.54. The molecule has 2 heterocycles. The lowest BCUT2D eigenvalue weighted by molar-refractivity contribution is 0.102. The summed E-state index contributed by atoms with van der Waals surface area (Å²) in [5.41, 5.74) is 2.45. The molecule has 0 saturated heterocycles. The van der Waals surface area contributed by atoms with Crippen LogP contribution in [-0.2, 0) is 0 Å². The molecule has 0 bridgehead atoms. The van der Waals surface area contributed by atoms with Gasteiger partial charge < -0.3 is 5.32 Å². The summed E-state index contributed by atoms with van der Waals surface area (Å²) >= 11 is 0. The molecule has 0 aliphatic heterocycles. The van der Waals surface area contributed by atoms with Gasteiger partial charge in [0, 0.05) is 11.5 Å². The molecule has 5 nitrogen and oxygen atoms in total. The number of benzene rings is 2. The molecule has 0 atom stereocenters. The second-order valence-corrected chi connectivity index (χ2v) is 5.90. The molecule has 4 aromatic rings. The van der Waals surface area contributed by atoms with Gasteiger partial charge in [-0.05, 0) is 43.3 Å². The number of pyridine rings is 1. The number of aromatic nitrogens is 3. The highest BCUT2D eigenvalue weighted by molar-refractivity contribution is 6.03. The van der Waals surface area contributed by atoms with Gasteiger partial charge in [-0.1, -0.05) is 24.3 Å². The lowest BCUT2D eigenvalue weighted by atomic mass is 10.2. The summed E-state index contributed by atoms with van der Waals surface area (Å²) < 4.78 is 14.7. The van der Waals surface area contributed by atoms with E-state index in [0.29, 0.717) is 17.2 Å². The highest BCUT2D eigenvalue weighted by atomic mass is 19.1. The van der Waals surface area contributed by atoms with Crippen LogP contribution in [0.1, 0.15) is 16.2 Å². The lowest BCUT2D eigenvalue weighted by Crippen LogP contribution is -2.16. The average molecular weight is 346 g/mol. The SMILES string of the molecule is Cc1cc(NC(=O)c2ccc3ccccc3n2)n(-c2ccc(F)cc2)n1. The molecule has 2 aromatic carbocycles. The molecular weight excluding hydrogens is 331 g/mol. The van der Waals surface area contributed by atoms with Crippen LogP contribution in [0.15, 0.2) is 66.7 Å². The van der Waals surface area contributed by atoms with Crippen molar-refractivity contribution in [2.24, 2.45) is 0 Å². The number of carbonyl (C=O) groups excluding carboxylic acids is 1. The van der Waals surface area contributed by atoms with Gasteiger partial charge in [0.25, 0.3) is 5.91 Å². The third-order valence-electron chi connectivity index (χ3n) is 3.98. The number of carbonyl (C=O) groups is 1. The molecule has 4 rings (SSSR count). The van der Waals surface area contributed by atoms with Crippen LogP contribution in [-0.4, -0.2) is 20.7 Å². The topological polar surface area (TPSA) is 59.8 Å². The number of nitrogens with one attached hydrogen (secondary N) is 1. The molecule has 6 heteroatoms. The second-order valence-electron chi connectivity index (χ2n) is 5.90. The van der Waals surface area contributed by atoms with Gasteiger partial charge in [0.15, 0.2) is 0 Å². The third-order valence-corrected chi connectivity index (χ3v) is 3.98. The Morgan fingerprint density at radius 3 is 2.62 bits per heavy atom. The zero-order chi connectivity index (χ0) is 18.1. The van der Waals surface area contributed by atoms with Crippen molar-refractivity contribution in [1.29, 1.82) is 0 Å². The van der Waals surface area contributed by atoms with Gasteiger partial charge in [0.05, 0.1) is 16.9 Å². The van der Waals surface area contributed by atoms with E-state index < -0.39 is 0 Å². The van der Waals surface area contributed by atoms with Gasteiger partial charge in [0.2, 0.25) is 0 Å². The van der Waals surface area contributed by atoms with E-state index in [0.717, 1.165) is 16.6 Å². The fourth-order valence-electron chi connectivity index (χ4n) is 2.74. The molecule has 0 fully saturated rings. The zero-order valence-corrected chi connectivity index (χ0v) is 14.0. The van der Waals surface area contributed by atoms with Crippen molar-refractivity contribution in [3.63, 3.8) is 0 Å². The maximum atomic E-state index is 13.2. The molecule has 0 unspecified atom stereocenters. The van der Waals surface area contributed by atoms with E-state index in [1.165, 1.54) is 12.1 Å². The Labute approximate surface area is 149 Å². The quantitative estimate of drug-likeness (QED) is 0.607. The number of para-hydroxylation sites is 1. The van der Waals surface area contributed by atoms with Crippen molar-refractivity contribution in [2.75, 3.05) is 5.32 Å². The molecule has 0 aliphatic carbocycles. The van der Waals surface area contributed by atoms with E-state index in [-0.39, 0.29) is 11.7 Å².